The van der Waals surface area contributed by atoms with Crippen molar-refractivity contribution in [1.29, 1.82) is 0 Å². The summed E-state index contributed by atoms with van der Waals surface area (Å²) in [6.45, 7) is 4.91. The van der Waals surface area contributed by atoms with Crippen molar-refractivity contribution in [2.75, 3.05) is 13.2 Å². The first kappa shape index (κ1) is 9.26. The Balaban J connectivity index is 2.13. The molecule has 1 heterocycles. The number of allylic oxidation sites excluding steroid dienone is 1. The van der Waals surface area contributed by atoms with Gasteiger partial charge in [0.2, 0.25) is 0 Å². The molecule has 12 heavy (non-hydrogen) atoms. The van der Waals surface area contributed by atoms with Gasteiger partial charge in [0.05, 0.1) is 6.10 Å². The maximum atomic E-state index is 10.9. The van der Waals surface area contributed by atoms with Gasteiger partial charge in [-0.25, -0.2) is 4.79 Å². The number of rotatable bonds is 3. The number of ether oxygens (including phenoxy) is 2. The Bertz CT molecular complexity index is 188. The molecule has 1 atom stereocenters. The highest BCUT2D eigenvalue weighted by atomic mass is 16.6. The summed E-state index contributed by atoms with van der Waals surface area (Å²) in [5, 5.41) is 0. The van der Waals surface area contributed by atoms with E-state index in [1.807, 2.05) is 13.8 Å². The summed E-state index contributed by atoms with van der Waals surface area (Å²) in [5.74, 6) is -0.273. The molecule has 1 unspecified atom stereocenters. The van der Waals surface area contributed by atoms with Crippen LogP contribution >= 0.6 is 0 Å². The van der Waals surface area contributed by atoms with Gasteiger partial charge in [-0.3, -0.25) is 0 Å². The first-order chi connectivity index (χ1) is 5.68. The minimum Gasteiger partial charge on any atom is -0.460 e. The second-order valence-electron chi connectivity index (χ2n) is 3.13. The largest absolute Gasteiger partial charge is 0.460 e. The maximum absolute atomic E-state index is 10.9. The molecular weight excluding hydrogens is 156 g/mol. The molecule has 0 radical (unpaired) electrons. The van der Waals surface area contributed by atoms with E-state index in [2.05, 4.69) is 0 Å². The van der Waals surface area contributed by atoms with E-state index in [0.29, 0.717) is 6.61 Å². The third kappa shape index (κ3) is 3.05. The Morgan fingerprint density at radius 3 is 2.75 bits per heavy atom. The highest BCUT2D eigenvalue weighted by Crippen LogP contribution is 2.10. The van der Waals surface area contributed by atoms with Gasteiger partial charge >= 0.3 is 5.97 Å². The van der Waals surface area contributed by atoms with Crippen molar-refractivity contribution in [2.45, 2.75) is 26.4 Å². The topological polar surface area (TPSA) is 35.5 Å². The van der Waals surface area contributed by atoms with Gasteiger partial charge in [0.25, 0.3) is 0 Å². The Kier molecular flexibility index (Phi) is 3.29. The Morgan fingerprint density at radius 2 is 2.33 bits per heavy atom. The van der Waals surface area contributed by atoms with Crippen molar-refractivity contribution in [2.24, 2.45) is 0 Å². The van der Waals surface area contributed by atoms with Crippen LogP contribution in [0.3, 0.4) is 0 Å². The molecular formula is C9H14O3. The molecule has 0 aliphatic carbocycles. The predicted molar refractivity (Wildman–Crippen MR) is 44.7 cm³/mol. The summed E-state index contributed by atoms with van der Waals surface area (Å²) in [7, 11) is 0. The fourth-order valence-corrected chi connectivity index (χ4v) is 0.868. The van der Waals surface area contributed by atoms with Crippen molar-refractivity contribution < 1.29 is 14.3 Å². The summed E-state index contributed by atoms with van der Waals surface area (Å²) in [6.07, 6.45) is 2.63. The molecule has 1 aliphatic heterocycles. The van der Waals surface area contributed by atoms with Crippen molar-refractivity contribution in [3.05, 3.63) is 11.6 Å². The standard InChI is InChI=1S/C9H14O3/c1-7(2)5-9(10)12-6-8-3-4-11-8/h5,8H,3-4,6H2,1-2H3. The zero-order chi connectivity index (χ0) is 8.97. The molecule has 1 aliphatic rings. The van der Waals surface area contributed by atoms with E-state index in [9.17, 15) is 4.79 Å². The molecule has 0 N–H and O–H groups in total. The van der Waals surface area contributed by atoms with Crippen LogP contribution in [-0.4, -0.2) is 25.3 Å². The Hall–Kier alpha value is -0.830. The molecule has 0 spiro atoms. The van der Waals surface area contributed by atoms with E-state index in [0.717, 1.165) is 18.6 Å². The van der Waals surface area contributed by atoms with Crippen LogP contribution in [-0.2, 0) is 14.3 Å². The molecule has 3 heteroatoms. The SMILES string of the molecule is CC(C)=CC(=O)OCC1CCO1. The van der Waals surface area contributed by atoms with Gasteiger partial charge in [-0.1, -0.05) is 5.57 Å². The highest BCUT2D eigenvalue weighted by Gasteiger charge is 2.19. The second kappa shape index (κ2) is 4.26. The summed E-state index contributed by atoms with van der Waals surface area (Å²) < 4.78 is 10.0. The third-order valence-corrected chi connectivity index (χ3v) is 1.61. The van der Waals surface area contributed by atoms with Gasteiger partial charge in [0, 0.05) is 19.1 Å². The molecule has 0 aromatic rings. The average molecular weight is 170 g/mol. The van der Waals surface area contributed by atoms with Crippen molar-refractivity contribution in [1.82, 2.24) is 0 Å². The van der Waals surface area contributed by atoms with E-state index in [4.69, 9.17) is 9.47 Å². The quantitative estimate of drug-likeness (QED) is 0.473. The molecule has 0 saturated carbocycles. The molecule has 1 rings (SSSR count). The lowest BCUT2D eigenvalue weighted by atomic mass is 10.2. The number of esters is 1. The van der Waals surface area contributed by atoms with Crippen LogP contribution in [0, 0.1) is 0 Å². The van der Waals surface area contributed by atoms with Gasteiger partial charge in [-0.15, -0.1) is 0 Å². The van der Waals surface area contributed by atoms with Gasteiger partial charge < -0.3 is 9.47 Å². The van der Waals surface area contributed by atoms with Crippen molar-refractivity contribution in [3.63, 3.8) is 0 Å². The van der Waals surface area contributed by atoms with Gasteiger partial charge in [0.15, 0.2) is 0 Å². The third-order valence-electron chi connectivity index (χ3n) is 1.61. The molecule has 1 fully saturated rings. The first-order valence-electron chi connectivity index (χ1n) is 4.12. The predicted octanol–water partition coefficient (Wildman–Crippen LogP) is 1.28. The van der Waals surface area contributed by atoms with Crippen molar-refractivity contribution >= 4 is 5.97 Å². The smallest absolute Gasteiger partial charge is 0.330 e. The number of hydrogen-bond acceptors (Lipinski definition) is 3. The number of carbonyl (C=O) groups excluding carboxylic acids is 1. The molecule has 0 amide bonds. The fraction of sp³-hybridized carbons (Fsp3) is 0.667. The zero-order valence-corrected chi connectivity index (χ0v) is 7.50. The lowest BCUT2D eigenvalue weighted by Crippen LogP contribution is -2.32. The van der Waals surface area contributed by atoms with E-state index >= 15 is 0 Å². The molecule has 68 valence electrons. The zero-order valence-electron chi connectivity index (χ0n) is 7.50. The van der Waals surface area contributed by atoms with Crippen LogP contribution in [0.4, 0.5) is 0 Å². The normalized spacial score (nSPS) is 21.0. The fourth-order valence-electron chi connectivity index (χ4n) is 0.868. The first-order valence-corrected chi connectivity index (χ1v) is 4.12. The summed E-state index contributed by atoms with van der Waals surface area (Å²) in [4.78, 5) is 10.9. The Labute approximate surface area is 72.4 Å². The van der Waals surface area contributed by atoms with Gasteiger partial charge in [-0.05, 0) is 13.8 Å². The number of carbonyl (C=O) groups is 1. The summed E-state index contributed by atoms with van der Waals surface area (Å²) >= 11 is 0. The van der Waals surface area contributed by atoms with Crippen LogP contribution in [0.15, 0.2) is 11.6 Å². The van der Waals surface area contributed by atoms with Crippen LogP contribution < -0.4 is 0 Å². The van der Waals surface area contributed by atoms with Crippen LogP contribution in [0.5, 0.6) is 0 Å². The monoisotopic (exact) mass is 170 g/mol. The van der Waals surface area contributed by atoms with E-state index in [-0.39, 0.29) is 12.1 Å². The maximum Gasteiger partial charge on any atom is 0.330 e. The van der Waals surface area contributed by atoms with Crippen LogP contribution in [0.25, 0.3) is 0 Å². The molecule has 1 saturated heterocycles. The van der Waals surface area contributed by atoms with E-state index < -0.39 is 0 Å². The highest BCUT2D eigenvalue weighted by molar-refractivity contribution is 5.82. The lowest BCUT2D eigenvalue weighted by molar-refractivity contribution is -0.148. The minimum atomic E-state index is -0.273. The van der Waals surface area contributed by atoms with Gasteiger partial charge in [0.1, 0.15) is 6.61 Å². The van der Waals surface area contributed by atoms with E-state index in [1.165, 1.54) is 6.08 Å². The van der Waals surface area contributed by atoms with Crippen LogP contribution in [0.2, 0.25) is 0 Å². The average Bonchev–Trinajstić information content (AvgIpc) is 1.81. The summed E-state index contributed by atoms with van der Waals surface area (Å²) in [6, 6.07) is 0. The summed E-state index contributed by atoms with van der Waals surface area (Å²) in [5.41, 5.74) is 0.953. The lowest BCUT2D eigenvalue weighted by Gasteiger charge is -2.25. The van der Waals surface area contributed by atoms with Crippen molar-refractivity contribution in [3.8, 4) is 0 Å². The molecule has 0 aromatic carbocycles. The molecule has 3 nitrogen and oxygen atoms in total. The Morgan fingerprint density at radius 1 is 1.67 bits per heavy atom. The molecule has 0 aromatic heterocycles. The van der Waals surface area contributed by atoms with Crippen LogP contribution in [0.1, 0.15) is 20.3 Å². The second-order valence-corrected chi connectivity index (χ2v) is 3.13. The van der Waals surface area contributed by atoms with Gasteiger partial charge in [-0.2, -0.15) is 0 Å². The molecule has 0 bridgehead atoms. The minimum absolute atomic E-state index is 0.138. The number of hydrogen-bond donors (Lipinski definition) is 0. The van der Waals surface area contributed by atoms with E-state index in [1.54, 1.807) is 0 Å².